The summed E-state index contributed by atoms with van der Waals surface area (Å²) in [5.41, 5.74) is 0. The highest BCUT2D eigenvalue weighted by Gasteiger charge is 2.34. The van der Waals surface area contributed by atoms with Crippen molar-refractivity contribution in [2.75, 3.05) is 20.2 Å². The first-order chi connectivity index (χ1) is 12.9. The van der Waals surface area contributed by atoms with Gasteiger partial charge in [0.1, 0.15) is 11.9 Å². The van der Waals surface area contributed by atoms with Crippen LogP contribution in [-0.2, 0) is 10.0 Å². The van der Waals surface area contributed by atoms with Gasteiger partial charge in [0, 0.05) is 6.54 Å². The lowest BCUT2D eigenvalue weighted by Crippen LogP contribution is -2.31. The van der Waals surface area contributed by atoms with E-state index in [1.54, 1.807) is 24.3 Å². The Kier molecular flexibility index (Phi) is 5.81. The van der Waals surface area contributed by atoms with E-state index >= 15 is 0 Å². The number of ether oxygens (including phenoxy) is 3. The van der Waals surface area contributed by atoms with Crippen LogP contribution in [0.2, 0.25) is 0 Å². The van der Waals surface area contributed by atoms with Crippen LogP contribution in [-0.4, -0.2) is 55.1 Å². The molecule has 0 aliphatic carbocycles. The van der Waals surface area contributed by atoms with Crippen molar-refractivity contribution < 1.29 is 22.6 Å². The van der Waals surface area contributed by atoms with Crippen molar-refractivity contribution in [2.24, 2.45) is 0 Å². The van der Waals surface area contributed by atoms with Crippen molar-refractivity contribution in [1.29, 1.82) is 0 Å². The van der Waals surface area contributed by atoms with Crippen molar-refractivity contribution in [3.8, 4) is 17.5 Å². The van der Waals surface area contributed by atoms with Gasteiger partial charge < -0.3 is 14.2 Å². The molecule has 2 heterocycles. The predicted octanol–water partition coefficient (Wildman–Crippen LogP) is 2.11. The molecule has 1 aliphatic heterocycles. The maximum absolute atomic E-state index is 12.8. The maximum atomic E-state index is 12.8. The molecule has 1 unspecified atom stereocenters. The Labute approximate surface area is 159 Å². The van der Waals surface area contributed by atoms with Crippen LogP contribution in [0.4, 0.5) is 0 Å². The van der Waals surface area contributed by atoms with Crippen LogP contribution in [0.5, 0.6) is 17.5 Å². The quantitative estimate of drug-likeness (QED) is 0.711. The van der Waals surface area contributed by atoms with E-state index in [4.69, 9.17) is 14.2 Å². The number of methoxy groups -OCH3 is 1. The van der Waals surface area contributed by atoms with Gasteiger partial charge in [-0.1, -0.05) is 0 Å². The van der Waals surface area contributed by atoms with Gasteiger partial charge in [-0.15, -0.1) is 0 Å². The normalized spacial score (nSPS) is 17.9. The van der Waals surface area contributed by atoms with Gasteiger partial charge in [-0.2, -0.15) is 9.29 Å². The third kappa shape index (κ3) is 4.67. The number of nitrogens with zero attached hydrogens (tertiary/aromatic N) is 3. The number of hydrogen-bond acceptors (Lipinski definition) is 7. The van der Waals surface area contributed by atoms with Crippen LogP contribution in [0, 0.1) is 0 Å². The van der Waals surface area contributed by atoms with E-state index < -0.39 is 10.0 Å². The van der Waals surface area contributed by atoms with Gasteiger partial charge >= 0.3 is 0 Å². The second kappa shape index (κ2) is 8.10. The standard InChI is InChI=1S/C18H23N3O5S/c1-13(2)25-14-4-6-16(7-5-14)27(22,23)21-9-8-15(12-21)26-18-11-19-10-17(20-18)24-3/h4-7,10-11,13,15H,8-9,12H2,1-3H3. The van der Waals surface area contributed by atoms with Crippen LogP contribution >= 0.6 is 0 Å². The first-order valence-corrected chi connectivity index (χ1v) is 10.1. The molecule has 1 atom stereocenters. The fourth-order valence-electron chi connectivity index (χ4n) is 2.78. The zero-order chi connectivity index (χ0) is 19.4. The molecule has 0 amide bonds. The number of benzene rings is 1. The molecule has 0 saturated carbocycles. The summed E-state index contributed by atoms with van der Waals surface area (Å²) < 4.78 is 43.5. The van der Waals surface area contributed by atoms with E-state index in [-0.39, 0.29) is 23.6 Å². The number of rotatable bonds is 7. The maximum Gasteiger partial charge on any atom is 0.243 e. The SMILES string of the molecule is COc1cncc(OC2CCN(S(=O)(=O)c3ccc(OC(C)C)cc3)C2)n1. The smallest absolute Gasteiger partial charge is 0.243 e. The summed E-state index contributed by atoms with van der Waals surface area (Å²) in [5, 5.41) is 0. The molecule has 1 fully saturated rings. The molecular weight excluding hydrogens is 370 g/mol. The van der Waals surface area contributed by atoms with Crippen molar-refractivity contribution in [1.82, 2.24) is 14.3 Å². The van der Waals surface area contributed by atoms with Crippen LogP contribution in [0.25, 0.3) is 0 Å². The number of aromatic nitrogens is 2. The third-order valence-electron chi connectivity index (χ3n) is 4.03. The van der Waals surface area contributed by atoms with Gasteiger partial charge in [0.2, 0.25) is 21.8 Å². The first-order valence-electron chi connectivity index (χ1n) is 8.68. The minimum absolute atomic E-state index is 0.0312. The molecule has 2 aromatic rings. The van der Waals surface area contributed by atoms with Gasteiger partial charge in [-0.05, 0) is 44.5 Å². The van der Waals surface area contributed by atoms with Crippen molar-refractivity contribution in [3.63, 3.8) is 0 Å². The summed E-state index contributed by atoms with van der Waals surface area (Å²) in [5.74, 6) is 1.30. The Morgan fingerprint density at radius 2 is 1.85 bits per heavy atom. The Balaban J connectivity index is 1.66. The average molecular weight is 393 g/mol. The third-order valence-corrected chi connectivity index (χ3v) is 5.91. The Bertz CT molecular complexity index is 871. The van der Waals surface area contributed by atoms with Gasteiger partial charge in [0.05, 0.1) is 37.0 Å². The van der Waals surface area contributed by atoms with E-state index in [2.05, 4.69) is 9.97 Å². The van der Waals surface area contributed by atoms with E-state index in [1.165, 1.54) is 23.8 Å². The summed E-state index contributed by atoms with van der Waals surface area (Å²) in [4.78, 5) is 8.37. The zero-order valence-corrected chi connectivity index (χ0v) is 16.3. The van der Waals surface area contributed by atoms with Crippen LogP contribution in [0.1, 0.15) is 20.3 Å². The van der Waals surface area contributed by atoms with Crippen LogP contribution < -0.4 is 14.2 Å². The first kappa shape index (κ1) is 19.4. The largest absolute Gasteiger partial charge is 0.491 e. The highest BCUT2D eigenvalue weighted by Crippen LogP contribution is 2.25. The van der Waals surface area contributed by atoms with Crippen molar-refractivity contribution in [2.45, 2.75) is 37.4 Å². The summed E-state index contributed by atoms with van der Waals surface area (Å²) >= 11 is 0. The second-order valence-corrected chi connectivity index (χ2v) is 8.37. The average Bonchev–Trinajstić information content (AvgIpc) is 3.11. The number of sulfonamides is 1. The molecule has 0 radical (unpaired) electrons. The molecule has 27 heavy (non-hydrogen) atoms. The lowest BCUT2D eigenvalue weighted by atomic mass is 10.3. The molecule has 0 spiro atoms. The van der Waals surface area contributed by atoms with Gasteiger partial charge in [0.25, 0.3) is 0 Å². The van der Waals surface area contributed by atoms with Gasteiger partial charge in [-0.25, -0.2) is 8.42 Å². The minimum atomic E-state index is -3.58. The highest BCUT2D eigenvalue weighted by molar-refractivity contribution is 7.89. The Hall–Kier alpha value is -2.39. The fourth-order valence-corrected chi connectivity index (χ4v) is 4.27. The summed E-state index contributed by atoms with van der Waals surface area (Å²) in [6, 6.07) is 6.47. The molecule has 146 valence electrons. The Morgan fingerprint density at radius 3 is 2.52 bits per heavy atom. The molecule has 3 rings (SSSR count). The molecule has 1 aliphatic rings. The summed E-state index contributed by atoms with van der Waals surface area (Å²) in [6.07, 6.45) is 3.28. The monoisotopic (exact) mass is 393 g/mol. The highest BCUT2D eigenvalue weighted by atomic mass is 32.2. The van der Waals surface area contributed by atoms with E-state index in [0.717, 1.165) is 0 Å². The lowest BCUT2D eigenvalue weighted by molar-refractivity contribution is 0.203. The van der Waals surface area contributed by atoms with Gasteiger partial charge in [-0.3, -0.25) is 4.98 Å². The summed E-state index contributed by atoms with van der Waals surface area (Å²) in [6.45, 7) is 4.48. The lowest BCUT2D eigenvalue weighted by Gasteiger charge is -2.17. The molecular formula is C18H23N3O5S. The van der Waals surface area contributed by atoms with Gasteiger partial charge in [0.15, 0.2) is 0 Å². The molecule has 0 N–H and O–H groups in total. The number of hydrogen-bond donors (Lipinski definition) is 0. The molecule has 9 heteroatoms. The Morgan fingerprint density at radius 1 is 1.15 bits per heavy atom. The van der Waals surface area contributed by atoms with Crippen LogP contribution in [0.3, 0.4) is 0 Å². The van der Waals surface area contributed by atoms with Crippen LogP contribution in [0.15, 0.2) is 41.6 Å². The van der Waals surface area contributed by atoms with Crippen molar-refractivity contribution in [3.05, 3.63) is 36.7 Å². The van der Waals surface area contributed by atoms with E-state index in [9.17, 15) is 8.42 Å². The predicted molar refractivity (Wildman–Crippen MR) is 98.6 cm³/mol. The summed E-state index contributed by atoms with van der Waals surface area (Å²) in [7, 11) is -2.09. The second-order valence-electron chi connectivity index (χ2n) is 6.43. The molecule has 1 saturated heterocycles. The molecule has 1 aromatic heterocycles. The minimum Gasteiger partial charge on any atom is -0.491 e. The topological polar surface area (TPSA) is 90.9 Å². The fraction of sp³-hybridized carbons (Fsp3) is 0.444. The molecule has 1 aromatic carbocycles. The van der Waals surface area contributed by atoms with E-state index in [1.807, 2.05) is 13.8 Å². The van der Waals surface area contributed by atoms with E-state index in [0.29, 0.717) is 30.5 Å². The zero-order valence-electron chi connectivity index (χ0n) is 15.5. The van der Waals surface area contributed by atoms with Crippen molar-refractivity contribution >= 4 is 10.0 Å². The molecule has 8 nitrogen and oxygen atoms in total. The molecule has 0 bridgehead atoms.